The van der Waals surface area contributed by atoms with Gasteiger partial charge in [-0.1, -0.05) is 19.3 Å². The van der Waals surface area contributed by atoms with Crippen molar-refractivity contribution in [3.63, 3.8) is 0 Å². The Hall–Kier alpha value is -2.61. The molecule has 116 valence electrons. The van der Waals surface area contributed by atoms with Crippen molar-refractivity contribution in [1.29, 1.82) is 5.26 Å². The third kappa shape index (κ3) is 2.61. The minimum absolute atomic E-state index is 0.403. The SMILES string of the molecule is N#Cc1cc2c(cn1)[nH]c1nccc(OCC3CCCCC3)c12. The van der Waals surface area contributed by atoms with Gasteiger partial charge in [-0.3, -0.25) is 0 Å². The molecular weight excluding hydrogens is 288 g/mol. The summed E-state index contributed by atoms with van der Waals surface area (Å²) in [5, 5.41) is 11.0. The number of hydrogen-bond donors (Lipinski definition) is 1. The van der Waals surface area contributed by atoms with Crippen molar-refractivity contribution in [3.8, 4) is 11.8 Å². The lowest BCUT2D eigenvalue weighted by molar-refractivity contribution is 0.210. The molecule has 3 aromatic heterocycles. The molecule has 0 unspecified atom stereocenters. The lowest BCUT2D eigenvalue weighted by Crippen LogP contribution is -2.15. The fraction of sp³-hybridized carbons (Fsp3) is 0.389. The highest BCUT2D eigenvalue weighted by atomic mass is 16.5. The highest BCUT2D eigenvalue weighted by Crippen LogP contribution is 2.33. The van der Waals surface area contributed by atoms with E-state index in [1.807, 2.05) is 6.07 Å². The van der Waals surface area contributed by atoms with Gasteiger partial charge >= 0.3 is 0 Å². The second-order valence-corrected chi connectivity index (χ2v) is 6.20. The minimum atomic E-state index is 0.403. The first-order valence-electron chi connectivity index (χ1n) is 8.14. The van der Waals surface area contributed by atoms with Crippen molar-refractivity contribution in [2.24, 2.45) is 5.92 Å². The third-order valence-corrected chi connectivity index (χ3v) is 4.65. The maximum Gasteiger partial charge on any atom is 0.142 e. The van der Waals surface area contributed by atoms with Crippen molar-refractivity contribution in [1.82, 2.24) is 15.0 Å². The fourth-order valence-electron chi connectivity index (χ4n) is 3.43. The maximum atomic E-state index is 9.08. The zero-order chi connectivity index (χ0) is 15.6. The van der Waals surface area contributed by atoms with E-state index >= 15 is 0 Å². The number of pyridine rings is 2. The summed E-state index contributed by atoms with van der Waals surface area (Å²) in [4.78, 5) is 11.7. The molecule has 1 saturated carbocycles. The quantitative estimate of drug-likeness (QED) is 0.795. The Morgan fingerprint density at radius 1 is 1.26 bits per heavy atom. The number of nitriles is 1. The van der Waals surface area contributed by atoms with Crippen LogP contribution < -0.4 is 4.74 Å². The molecule has 0 spiro atoms. The van der Waals surface area contributed by atoms with Crippen molar-refractivity contribution in [3.05, 3.63) is 30.2 Å². The van der Waals surface area contributed by atoms with Gasteiger partial charge in [0.15, 0.2) is 0 Å². The molecule has 1 fully saturated rings. The molecule has 0 aliphatic heterocycles. The van der Waals surface area contributed by atoms with Crippen molar-refractivity contribution in [2.45, 2.75) is 32.1 Å². The molecule has 0 saturated heterocycles. The number of ether oxygens (including phenoxy) is 1. The molecule has 1 aliphatic rings. The molecule has 0 radical (unpaired) electrons. The molecule has 5 nitrogen and oxygen atoms in total. The van der Waals surface area contributed by atoms with Crippen LogP contribution in [-0.4, -0.2) is 21.6 Å². The van der Waals surface area contributed by atoms with Gasteiger partial charge < -0.3 is 9.72 Å². The van der Waals surface area contributed by atoms with Crippen LogP contribution in [0.4, 0.5) is 0 Å². The van der Waals surface area contributed by atoms with E-state index in [2.05, 4.69) is 21.0 Å². The number of fused-ring (bicyclic) bond motifs is 3. The first kappa shape index (κ1) is 14.0. The Morgan fingerprint density at radius 3 is 2.96 bits per heavy atom. The van der Waals surface area contributed by atoms with Crippen LogP contribution in [0.15, 0.2) is 24.5 Å². The molecule has 0 bridgehead atoms. The number of aromatic nitrogens is 3. The van der Waals surface area contributed by atoms with E-state index in [4.69, 9.17) is 10.00 Å². The van der Waals surface area contributed by atoms with Gasteiger partial charge in [0.1, 0.15) is 23.2 Å². The maximum absolute atomic E-state index is 9.08. The predicted molar refractivity (Wildman–Crippen MR) is 88.2 cm³/mol. The number of rotatable bonds is 3. The Kier molecular flexibility index (Phi) is 3.58. The molecule has 0 aromatic carbocycles. The number of nitrogens with zero attached hydrogens (tertiary/aromatic N) is 3. The number of hydrogen-bond acceptors (Lipinski definition) is 4. The minimum Gasteiger partial charge on any atom is -0.492 e. The molecule has 3 heterocycles. The van der Waals surface area contributed by atoms with Crippen molar-refractivity contribution in [2.75, 3.05) is 6.61 Å². The zero-order valence-corrected chi connectivity index (χ0v) is 12.9. The summed E-state index contributed by atoms with van der Waals surface area (Å²) >= 11 is 0. The third-order valence-electron chi connectivity index (χ3n) is 4.65. The molecule has 4 rings (SSSR count). The Bertz CT molecular complexity index is 887. The van der Waals surface area contributed by atoms with Gasteiger partial charge in [-0.25, -0.2) is 9.97 Å². The van der Waals surface area contributed by atoms with E-state index < -0.39 is 0 Å². The van der Waals surface area contributed by atoms with Crippen LogP contribution in [0, 0.1) is 17.2 Å². The average molecular weight is 306 g/mol. The number of H-pyrrole nitrogens is 1. The molecule has 5 heteroatoms. The Labute approximate surface area is 134 Å². The van der Waals surface area contributed by atoms with Gasteiger partial charge in [-0.2, -0.15) is 5.26 Å². The van der Waals surface area contributed by atoms with E-state index in [0.29, 0.717) is 11.6 Å². The van der Waals surface area contributed by atoms with Crippen LogP contribution in [0.2, 0.25) is 0 Å². The second kappa shape index (κ2) is 5.88. The standard InChI is InChI=1S/C18H18N4O/c19-9-13-8-14-15(10-21-13)22-18-17(14)16(6-7-20-18)23-11-12-4-2-1-3-5-12/h6-8,10,12H,1-5,11H2,(H,20,22). The smallest absolute Gasteiger partial charge is 0.142 e. The number of nitrogens with one attached hydrogen (secondary N) is 1. The summed E-state index contributed by atoms with van der Waals surface area (Å²) in [6.07, 6.45) is 9.92. The van der Waals surface area contributed by atoms with Gasteiger partial charge in [-0.05, 0) is 30.9 Å². The van der Waals surface area contributed by atoms with Gasteiger partial charge in [0, 0.05) is 11.6 Å². The second-order valence-electron chi connectivity index (χ2n) is 6.20. The lowest BCUT2D eigenvalue weighted by atomic mass is 9.90. The number of aromatic amines is 1. The van der Waals surface area contributed by atoms with Crippen molar-refractivity contribution < 1.29 is 4.74 Å². The molecule has 3 aromatic rings. The highest BCUT2D eigenvalue weighted by molar-refractivity contribution is 6.09. The fourth-order valence-corrected chi connectivity index (χ4v) is 3.43. The van der Waals surface area contributed by atoms with Crippen LogP contribution in [0.25, 0.3) is 21.9 Å². The average Bonchev–Trinajstić information content (AvgIpc) is 2.99. The molecular formula is C18H18N4O. The van der Waals surface area contributed by atoms with Crippen molar-refractivity contribution >= 4 is 21.9 Å². The van der Waals surface area contributed by atoms with Crippen LogP contribution in [-0.2, 0) is 0 Å². The summed E-state index contributed by atoms with van der Waals surface area (Å²) in [6, 6.07) is 5.79. The summed E-state index contributed by atoms with van der Waals surface area (Å²) in [7, 11) is 0. The summed E-state index contributed by atoms with van der Waals surface area (Å²) < 4.78 is 6.14. The Balaban J connectivity index is 1.72. The van der Waals surface area contributed by atoms with Crippen LogP contribution in [0.5, 0.6) is 5.75 Å². The van der Waals surface area contributed by atoms with E-state index in [1.54, 1.807) is 18.5 Å². The molecule has 0 amide bonds. The lowest BCUT2D eigenvalue weighted by Gasteiger charge is -2.21. The first-order chi connectivity index (χ1) is 11.3. The van der Waals surface area contributed by atoms with E-state index in [9.17, 15) is 0 Å². The van der Waals surface area contributed by atoms with Gasteiger partial charge in [0.05, 0.1) is 23.7 Å². The van der Waals surface area contributed by atoms with E-state index in [-0.39, 0.29) is 0 Å². The first-order valence-corrected chi connectivity index (χ1v) is 8.14. The Morgan fingerprint density at radius 2 is 2.13 bits per heavy atom. The monoisotopic (exact) mass is 306 g/mol. The highest BCUT2D eigenvalue weighted by Gasteiger charge is 2.16. The van der Waals surface area contributed by atoms with Crippen LogP contribution in [0.1, 0.15) is 37.8 Å². The molecule has 0 atom stereocenters. The normalized spacial score (nSPS) is 15.8. The zero-order valence-electron chi connectivity index (χ0n) is 12.9. The summed E-state index contributed by atoms with van der Waals surface area (Å²) in [6.45, 7) is 0.752. The van der Waals surface area contributed by atoms with E-state index in [1.165, 1.54) is 32.1 Å². The molecule has 1 aliphatic carbocycles. The topological polar surface area (TPSA) is 74.6 Å². The largest absolute Gasteiger partial charge is 0.492 e. The summed E-state index contributed by atoms with van der Waals surface area (Å²) in [5.41, 5.74) is 2.05. The van der Waals surface area contributed by atoms with Gasteiger partial charge in [0.2, 0.25) is 0 Å². The van der Waals surface area contributed by atoms with Gasteiger partial charge in [0.25, 0.3) is 0 Å². The van der Waals surface area contributed by atoms with E-state index in [0.717, 1.165) is 34.3 Å². The van der Waals surface area contributed by atoms with Gasteiger partial charge in [-0.15, -0.1) is 0 Å². The predicted octanol–water partition coefficient (Wildman–Crippen LogP) is 3.94. The van der Waals surface area contributed by atoms with Crippen LogP contribution >= 0.6 is 0 Å². The molecule has 23 heavy (non-hydrogen) atoms. The van der Waals surface area contributed by atoms with Crippen LogP contribution in [0.3, 0.4) is 0 Å². The summed E-state index contributed by atoms with van der Waals surface area (Å²) in [5.74, 6) is 1.48. The molecule has 1 N–H and O–H groups in total.